The number of benzene rings is 1. The molecule has 0 aliphatic rings. The van der Waals surface area contributed by atoms with Gasteiger partial charge in [-0.15, -0.1) is 0 Å². The molecule has 0 aliphatic heterocycles. The zero-order valence-corrected chi connectivity index (χ0v) is 15.5. The number of aromatic nitrogens is 1. The second-order valence-electron chi connectivity index (χ2n) is 6.33. The summed E-state index contributed by atoms with van der Waals surface area (Å²) in [5.41, 5.74) is 3.27. The summed E-state index contributed by atoms with van der Waals surface area (Å²) in [7, 11) is 0. The van der Waals surface area contributed by atoms with Crippen molar-refractivity contribution in [1.29, 1.82) is 0 Å². The molecule has 25 heavy (non-hydrogen) atoms. The first-order chi connectivity index (χ1) is 12.0. The van der Waals surface area contributed by atoms with Gasteiger partial charge in [0.05, 0.1) is 6.10 Å². The molecule has 0 saturated carbocycles. The van der Waals surface area contributed by atoms with Gasteiger partial charge in [-0.2, -0.15) is 0 Å². The number of hydrogen-bond acceptors (Lipinski definition) is 3. The minimum absolute atomic E-state index is 0.0773. The average molecular weight is 341 g/mol. The van der Waals surface area contributed by atoms with Gasteiger partial charge in [0.2, 0.25) is 5.88 Å². The summed E-state index contributed by atoms with van der Waals surface area (Å²) in [6.07, 6.45) is 1.83. The van der Waals surface area contributed by atoms with Crippen molar-refractivity contribution in [3.05, 3.63) is 59.3 Å². The van der Waals surface area contributed by atoms with Gasteiger partial charge in [-0.3, -0.25) is 0 Å². The normalized spacial score (nSPS) is 10.6. The van der Waals surface area contributed by atoms with Crippen molar-refractivity contribution < 1.29 is 9.53 Å². The Labute approximate surface area is 150 Å². The first kappa shape index (κ1) is 18.8. The first-order valence-corrected chi connectivity index (χ1v) is 8.68. The fraction of sp³-hybridized carbons (Fsp3) is 0.400. The summed E-state index contributed by atoms with van der Waals surface area (Å²) in [5, 5.41) is 2.95. The topological polar surface area (TPSA) is 54.5 Å². The highest BCUT2D eigenvalue weighted by Crippen LogP contribution is 2.10. The lowest BCUT2D eigenvalue weighted by atomic mass is 10.1. The number of amides is 2. The Morgan fingerprint density at radius 1 is 1.24 bits per heavy atom. The summed E-state index contributed by atoms with van der Waals surface area (Å²) in [5.74, 6) is 0.597. The van der Waals surface area contributed by atoms with E-state index in [0.29, 0.717) is 25.5 Å². The number of nitrogens with one attached hydrogen (secondary N) is 1. The van der Waals surface area contributed by atoms with E-state index in [0.717, 1.165) is 11.1 Å². The molecule has 0 spiro atoms. The molecular formula is C20H27N3O2. The molecule has 0 atom stereocenters. The molecule has 0 saturated heterocycles. The van der Waals surface area contributed by atoms with Crippen LogP contribution in [0.25, 0.3) is 0 Å². The zero-order valence-electron chi connectivity index (χ0n) is 15.5. The minimum Gasteiger partial charge on any atom is -0.475 e. The van der Waals surface area contributed by atoms with Gasteiger partial charge >= 0.3 is 6.03 Å². The molecule has 0 aliphatic carbocycles. The van der Waals surface area contributed by atoms with Crippen LogP contribution in [0.5, 0.6) is 5.88 Å². The largest absolute Gasteiger partial charge is 0.475 e. The molecule has 0 bridgehead atoms. The van der Waals surface area contributed by atoms with E-state index in [-0.39, 0.29) is 12.1 Å². The summed E-state index contributed by atoms with van der Waals surface area (Å²) in [6.45, 7) is 9.65. The maximum absolute atomic E-state index is 12.4. The van der Waals surface area contributed by atoms with E-state index in [1.807, 2.05) is 45.0 Å². The molecule has 134 valence electrons. The van der Waals surface area contributed by atoms with Gasteiger partial charge in [-0.05, 0) is 38.8 Å². The molecule has 1 heterocycles. The van der Waals surface area contributed by atoms with Gasteiger partial charge in [-0.1, -0.05) is 35.9 Å². The number of ether oxygens (including phenoxy) is 1. The number of rotatable bonds is 7. The van der Waals surface area contributed by atoms with E-state index in [1.54, 1.807) is 11.1 Å². The molecule has 0 fully saturated rings. The van der Waals surface area contributed by atoms with E-state index in [2.05, 4.69) is 29.4 Å². The van der Waals surface area contributed by atoms with Crippen LogP contribution in [0.2, 0.25) is 0 Å². The number of nitrogens with zero attached hydrogens (tertiary/aromatic N) is 2. The zero-order chi connectivity index (χ0) is 18.2. The highest BCUT2D eigenvalue weighted by Gasteiger charge is 2.12. The van der Waals surface area contributed by atoms with E-state index < -0.39 is 0 Å². The Morgan fingerprint density at radius 3 is 2.64 bits per heavy atom. The van der Waals surface area contributed by atoms with Crippen molar-refractivity contribution >= 4 is 6.03 Å². The summed E-state index contributed by atoms with van der Waals surface area (Å²) in [6, 6.07) is 11.9. The van der Waals surface area contributed by atoms with E-state index >= 15 is 0 Å². The number of hydrogen-bond donors (Lipinski definition) is 1. The molecule has 0 radical (unpaired) electrons. The monoisotopic (exact) mass is 341 g/mol. The maximum atomic E-state index is 12.4. The fourth-order valence-corrected chi connectivity index (χ4v) is 2.47. The van der Waals surface area contributed by atoms with E-state index in [9.17, 15) is 4.79 Å². The molecule has 1 N–H and O–H groups in total. The number of pyridine rings is 1. The fourth-order valence-electron chi connectivity index (χ4n) is 2.47. The van der Waals surface area contributed by atoms with Gasteiger partial charge < -0.3 is 15.0 Å². The predicted molar refractivity (Wildman–Crippen MR) is 99.5 cm³/mol. The standard InChI is InChI=1S/C20H27N3O2/c1-5-23(14-17-8-6-7-16(4)11-17)20(24)22-13-18-9-10-19(21-12-18)25-15(2)3/h6-12,15H,5,13-14H2,1-4H3,(H,22,24). The van der Waals surface area contributed by atoms with Crippen LogP contribution in [0, 0.1) is 6.92 Å². The molecule has 1 aromatic heterocycles. The van der Waals surface area contributed by atoms with Crippen LogP contribution in [0.1, 0.15) is 37.5 Å². The van der Waals surface area contributed by atoms with Crippen LogP contribution in [0.4, 0.5) is 4.79 Å². The SMILES string of the molecule is CCN(Cc1cccc(C)c1)C(=O)NCc1ccc(OC(C)C)nc1. The molecule has 5 nitrogen and oxygen atoms in total. The van der Waals surface area contributed by atoms with Crippen molar-refractivity contribution in [3.8, 4) is 5.88 Å². The molecule has 2 amide bonds. The summed E-state index contributed by atoms with van der Waals surface area (Å²) in [4.78, 5) is 18.5. The Hall–Kier alpha value is -2.56. The van der Waals surface area contributed by atoms with Crippen molar-refractivity contribution in [3.63, 3.8) is 0 Å². The van der Waals surface area contributed by atoms with Crippen LogP contribution in [0.15, 0.2) is 42.6 Å². The van der Waals surface area contributed by atoms with Crippen LogP contribution in [-0.4, -0.2) is 28.6 Å². The lowest BCUT2D eigenvalue weighted by Gasteiger charge is -2.21. The molecular weight excluding hydrogens is 314 g/mol. The predicted octanol–water partition coefficient (Wildman–Crippen LogP) is 3.91. The Morgan fingerprint density at radius 2 is 2.04 bits per heavy atom. The van der Waals surface area contributed by atoms with Gasteiger partial charge in [0.25, 0.3) is 0 Å². The van der Waals surface area contributed by atoms with Crippen LogP contribution in [0.3, 0.4) is 0 Å². The second kappa shape index (κ2) is 9.06. The lowest BCUT2D eigenvalue weighted by molar-refractivity contribution is 0.197. The van der Waals surface area contributed by atoms with Crippen molar-refractivity contribution in [1.82, 2.24) is 15.2 Å². The Balaban J connectivity index is 1.89. The first-order valence-electron chi connectivity index (χ1n) is 8.68. The number of urea groups is 1. The van der Waals surface area contributed by atoms with Gasteiger partial charge in [-0.25, -0.2) is 9.78 Å². The lowest BCUT2D eigenvalue weighted by Crippen LogP contribution is -2.39. The van der Waals surface area contributed by atoms with Gasteiger partial charge in [0.15, 0.2) is 0 Å². The highest BCUT2D eigenvalue weighted by atomic mass is 16.5. The quantitative estimate of drug-likeness (QED) is 0.831. The number of aryl methyl sites for hydroxylation is 1. The van der Waals surface area contributed by atoms with Crippen LogP contribution >= 0.6 is 0 Å². The molecule has 0 unspecified atom stereocenters. The van der Waals surface area contributed by atoms with E-state index in [1.165, 1.54) is 5.56 Å². The summed E-state index contributed by atoms with van der Waals surface area (Å²) >= 11 is 0. The minimum atomic E-state index is -0.0773. The van der Waals surface area contributed by atoms with Crippen molar-refractivity contribution in [2.75, 3.05) is 6.54 Å². The third kappa shape index (κ3) is 6.10. The Kier molecular flexibility index (Phi) is 6.81. The van der Waals surface area contributed by atoms with Gasteiger partial charge in [0.1, 0.15) is 0 Å². The number of carbonyl (C=O) groups is 1. The van der Waals surface area contributed by atoms with Crippen LogP contribution in [-0.2, 0) is 13.1 Å². The summed E-state index contributed by atoms with van der Waals surface area (Å²) < 4.78 is 5.52. The average Bonchev–Trinajstić information content (AvgIpc) is 2.58. The molecule has 2 aromatic rings. The third-order valence-corrected chi connectivity index (χ3v) is 3.72. The number of carbonyl (C=O) groups excluding carboxylic acids is 1. The molecule has 5 heteroatoms. The molecule has 1 aromatic carbocycles. The Bertz CT molecular complexity index is 684. The third-order valence-electron chi connectivity index (χ3n) is 3.72. The van der Waals surface area contributed by atoms with Crippen molar-refractivity contribution in [2.45, 2.75) is 46.9 Å². The molecule has 2 rings (SSSR count). The maximum Gasteiger partial charge on any atom is 0.317 e. The smallest absolute Gasteiger partial charge is 0.317 e. The second-order valence-corrected chi connectivity index (χ2v) is 6.33. The van der Waals surface area contributed by atoms with Gasteiger partial charge in [0, 0.05) is 31.9 Å². The van der Waals surface area contributed by atoms with Crippen molar-refractivity contribution in [2.24, 2.45) is 0 Å². The van der Waals surface area contributed by atoms with Crippen LogP contribution < -0.4 is 10.1 Å². The van der Waals surface area contributed by atoms with E-state index in [4.69, 9.17) is 4.74 Å². The highest BCUT2D eigenvalue weighted by molar-refractivity contribution is 5.74.